The van der Waals surface area contributed by atoms with Crippen LogP contribution in [0, 0.1) is 0 Å². The van der Waals surface area contributed by atoms with Gasteiger partial charge in [-0.15, -0.1) is 0 Å². The predicted octanol–water partition coefficient (Wildman–Crippen LogP) is 2.13. The summed E-state index contributed by atoms with van der Waals surface area (Å²) in [6, 6.07) is 9.42. The van der Waals surface area contributed by atoms with Gasteiger partial charge in [0.25, 0.3) is 5.91 Å². The molecule has 2 N–H and O–H groups in total. The molecule has 1 heterocycles. The summed E-state index contributed by atoms with van der Waals surface area (Å²) in [5.74, 6) is 1.21. The first-order chi connectivity index (χ1) is 12.7. The fourth-order valence-electron chi connectivity index (χ4n) is 2.41. The van der Waals surface area contributed by atoms with E-state index in [1.807, 2.05) is 24.3 Å². The van der Waals surface area contributed by atoms with Crippen LogP contribution >= 0.6 is 0 Å². The summed E-state index contributed by atoms with van der Waals surface area (Å²) >= 11 is 0. The Morgan fingerprint density at radius 2 is 1.85 bits per heavy atom. The molecule has 1 aromatic heterocycles. The number of rotatable bonds is 10. The first-order valence-corrected chi connectivity index (χ1v) is 8.36. The van der Waals surface area contributed by atoms with Crippen LogP contribution in [0.3, 0.4) is 0 Å². The van der Waals surface area contributed by atoms with Crippen LogP contribution in [0.15, 0.2) is 36.5 Å². The van der Waals surface area contributed by atoms with Gasteiger partial charge >= 0.3 is 0 Å². The van der Waals surface area contributed by atoms with Crippen molar-refractivity contribution in [2.45, 2.75) is 6.42 Å². The van der Waals surface area contributed by atoms with E-state index in [1.165, 1.54) is 0 Å². The lowest BCUT2D eigenvalue weighted by Gasteiger charge is -2.11. The van der Waals surface area contributed by atoms with Gasteiger partial charge in [-0.3, -0.25) is 9.78 Å². The first-order valence-electron chi connectivity index (χ1n) is 8.36. The predicted molar refractivity (Wildman–Crippen MR) is 100 cm³/mol. The van der Waals surface area contributed by atoms with E-state index in [0.717, 1.165) is 17.7 Å². The van der Waals surface area contributed by atoms with Crippen molar-refractivity contribution < 1.29 is 19.0 Å². The lowest BCUT2D eigenvalue weighted by Crippen LogP contribution is -2.27. The van der Waals surface area contributed by atoms with Gasteiger partial charge < -0.3 is 24.8 Å². The third-order valence-corrected chi connectivity index (χ3v) is 3.78. The van der Waals surface area contributed by atoms with E-state index in [1.54, 1.807) is 33.6 Å². The SMILES string of the molecule is COCCNC(=O)c1cc(NCCc2ccc(OC)c(OC)c2)ccn1. The average molecular weight is 359 g/mol. The van der Waals surface area contributed by atoms with Crippen LogP contribution in [-0.4, -0.2) is 51.9 Å². The van der Waals surface area contributed by atoms with Gasteiger partial charge in [-0.05, 0) is 36.2 Å². The van der Waals surface area contributed by atoms with E-state index < -0.39 is 0 Å². The van der Waals surface area contributed by atoms with E-state index in [2.05, 4.69) is 15.6 Å². The minimum Gasteiger partial charge on any atom is -0.493 e. The van der Waals surface area contributed by atoms with Crippen LogP contribution in [0.1, 0.15) is 16.1 Å². The van der Waals surface area contributed by atoms with Gasteiger partial charge in [0.15, 0.2) is 11.5 Å². The number of carbonyl (C=O) groups excluding carboxylic acids is 1. The number of anilines is 1. The molecule has 7 heteroatoms. The standard InChI is InChI=1S/C19H25N3O4/c1-24-11-10-22-19(23)16-13-15(7-9-21-16)20-8-6-14-4-5-17(25-2)18(12-14)26-3/h4-5,7,9,12-13H,6,8,10-11H2,1-3H3,(H,20,21)(H,22,23). The summed E-state index contributed by atoms with van der Waals surface area (Å²) < 4.78 is 15.5. The van der Waals surface area contributed by atoms with Gasteiger partial charge in [-0.25, -0.2) is 0 Å². The molecule has 0 aliphatic carbocycles. The molecule has 0 saturated carbocycles. The number of nitrogens with zero attached hydrogens (tertiary/aromatic N) is 1. The number of ether oxygens (including phenoxy) is 3. The number of benzene rings is 1. The van der Waals surface area contributed by atoms with Crippen molar-refractivity contribution in [2.24, 2.45) is 0 Å². The highest BCUT2D eigenvalue weighted by Gasteiger charge is 2.08. The Morgan fingerprint density at radius 1 is 1.04 bits per heavy atom. The molecule has 0 saturated heterocycles. The number of hydrogen-bond donors (Lipinski definition) is 2. The Balaban J connectivity index is 1.90. The molecular weight excluding hydrogens is 334 g/mol. The second kappa shape index (κ2) is 10.2. The number of hydrogen-bond acceptors (Lipinski definition) is 6. The quantitative estimate of drug-likeness (QED) is 0.633. The third kappa shape index (κ3) is 5.63. The summed E-state index contributed by atoms with van der Waals surface area (Å²) in [6.45, 7) is 1.63. The van der Waals surface area contributed by atoms with Gasteiger partial charge in [0.1, 0.15) is 5.69 Å². The maximum Gasteiger partial charge on any atom is 0.270 e. The maximum atomic E-state index is 12.0. The minimum atomic E-state index is -0.217. The third-order valence-electron chi connectivity index (χ3n) is 3.78. The van der Waals surface area contributed by atoms with Crippen LogP contribution in [-0.2, 0) is 11.2 Å². The molecule has 0 radical (unpaired) electrons. The van der Waals surface area contributed by atoms with Crippen molar-refractivity contribution in [3.8, 4) is 11.5 Å². The average Bonchev–Trinajstić information content (AvgIpc) is 2.68. The Hall–Kier alpha value is -2.80. The van der Waals surface area contributed by atoms with Crippen molar-refractivity contribution in [1.82, 2.24) is 10.3 Å². The highest BCUT2D eigenvalue weighted by molar-refractivity contribution is 5.93. The fourth-order valence-corrected chi connectivity index (χ4v) is 2.41. The van der Waals surface area contributed by atoms with E-state index in [0.29, 0.717) is 36.9 Å². The zero-order valence-electron chi connectivity index (χ0n) is 15.4. The second-order valence-corrected chi connectivity index (χ2v) is 5.54. The number of nitrogens with one attached hydrogen (secondary N) is 2. The molecular formula is C19H25N3O4. The van der Waals surface area contributed by atoms with Crippen molar-refractivity contribution in [3.63, 3.8) is 0 Å². The minimum absolute atomic E-state index is 0.217. The van der Waals surface area contributed by atoms with Crippen LogP contribution in [0.4, 0.5) is 5.69 Å². The van der Waals surface area contributed by atoms with Crippen molar-refractivity contribution in [3.05, 3.63) is 47.8 Å². The fraction of sp³-hybridized carbons (Fsp3) is 0.368. The molecule has 0 spiro atoms. The molecule has 1 aromatic carbocycles. The van der Waals surface area contributed by atoms with Crippen LogP contribution < -0.4 is 20.1 Å². The topological polar surface area (TPSA) is 81.7 Å². The maximum absolute atomic E-state index is 12.0. The van der Waals surface area contributed by atoms with E-state index in [4.69, 9.17) is 14.2 Å². The summed E-state index contributed by atoms with van der Waals surface area (Å²) in [4.78, 5) is 16.1. The number of carbonyl (C=O) groups is 1. The Bertz CT molecular complexity index is 722. The van der Waals surface area contributed by atoms with Crippen LogP contribution in [0.2, 0.25) is 0 Å². The largest absolute Gasteiger partial charge is 0.493 e. The molecule has 140 valence electrons. The van der Waals surface area contributed by atoms with Gasteiger partial charge in [-0.1, -0.05) is 6.07 Å². The van der Waals surface area contributed by atoms with Gasteiger partial charge in [0.2, 0.25) is 0 Å². The smallest absolute Gasteiger partial charge is 0.270 e. The molecule has 0 aliphatic heterocycles. The van der Waals surface area contributed by atoms with E-state index in [9.17, 15) is 4.79 Å². The lowest BCUT2D eigenvalue weighted by atomic mass is 10.1. The monoisotopic (exact) mass is 359 g/mol. The van der Waals surface area contributed by atoms with E-state index >= 15 is 0 Å². The molecule has 0 atom stereocenters. The van der Waals surface area contributed by atoms with Gasteiger partial charge in [0.05, 0.1) is 20.8 Å². The molecule has 0 bridgehead atoms. The van der Waals surface area contributed by atoms with Gasteiger partial charge in [-0.2, -0.15) is 0 Å². The highest BCUT2D eigenvalue weighted by Crippen LogP contribution is 2.27. The highest BCUT2D eigenvalue weighted by atomic mass is 16.5. The number of aromatic nitrogens is 1. The molecule has 26 heavy (non-hydrogen) atoms. The van der Waals surface area contributed by atoms with Crippen LogP contribution in [0.25, 0.3) is 0 Å². The first kappa shape index (κ1) is 19.5. The second-order valence-electron chi connectivity index (χ2n) is 5.54. The lowest BCUT2D eigenvalue weighted by molar-refractivity contribution is 0.0932. The molecule has 0 fully saturated rings. The number of amides is 1. The molecule has 2 rings (SSSR count). The summed E-state index contributed by atoms with van der Waals surface area (Å²) in [5.41, 5.74) is 2.34. The number of pyridine rings is 1. The normalized spacial score (nSPS) is 10.3. The van der Waals surface area contributed by atoms with Gasteiger partial charge in [0, 0.05) is 32.1 Å². The Kier molecular flexibility index (Phi) is 7.70. The zero-order chi connectivity index (χ0) is 18.8. The summed E-state index contributed by atoms with van der Waals surface area (Å²) in [6.07, 6.45) is 2.42. The van der Waals surface area contributed by atoms with Crippen molar-refractivity contribution >= 4 is 11.6 Å². The zero-order valence-corrected chi connectivity index (χ0v) is 15.4. The van der Waals surface area contributed by atoms with E-state index in [-0.39, 0.29) is 5.91 Å². The molecule has 0 aliphatic rings. The molecule has 1 amide bonds. The molecule has 0 unspecified atom stereocenters. The molecule has 7 nitrogen and oxygen atoms in total. The van der Waals surface area contributed by atoms with Crippen molar-refractivity contribution in [2.75, 3.05) is 46.3 Å². The van der Waals surface area contributed by atoms with Crippen molar-refractivity contribution in [1.29, 1.82) is 0 Å². The Labute approximate surface area is 153 Å². The molecule has 2 aromatic rings. The number of methoxy groups -OCH3 is 3. The Morgan fingerprint density at radius 3 is 2.58 bits per heavy atom. The summed E-state index contributed by atoms with van der Waals surface area (Å²) in [5, 5.41) is 6.06. The summed E-state index contributed by atoms with van der Waals surface area (Å²) in [7, 11) is 4.83. The van der Waals surface area contributed by atoms with Crippen LogP contribution in [0.5, 0.6) is 11.5 Å².